The van der Waals surface area contributed by atoms with E-state index in [4.69, 9.17) is 0 Å². The quantitative estimate of drug-likeness (QED) is 0.819. The molecule has 6 heteroatoms. The van der Waals surface area contributed by atoms with Crippen molar-refractivity contribution in [2.75, 3.05) is 17.6 Å². The van der Waals surface area contributed by atoms with Crippen LogP contribution in [0.3, 0.4) is 0 Å². The highest BCUT2D eigenvalue weighted by Crippen LogP contribution is 2.35. The minimum Gasteiger partial charge on any atom is -0.339 e. The SMILES string of the molecule is CC(C)CC(C)N(C)C(=O)c1ccc2c(c1)CC(C)N2S(C)(=O)=O. The van der Waals surface area contributed by atoms with E-state index in [1.165, 1.54) is 10.6 Å². The molecule has 5 nitrogen and oxygen atoms in total. The molecule has 0 fully saturated rings. The predicted octanol–water partition coefficient (Wildman–Crippen LogP) is 2.90. The number of carbonyl (C=O) groups excluding carboxylic acids is 1. The Balaban J connectivity index is 2.27. The zero-order chi connectivity index (χ0) is 18.2. The second kappa shape index (κ2) is 6.75. The molecule has 1 aromatic rings. The van der Waals surface area contributed by atoms with Gasteiger partial charge in [-0.05, 0) is 56.4 Å². The molecule has 0 bridgehead atoms. The zero-order valence-electron chi connectivity index (χ0n) is 15.4. The molecule has 0 spiro atoms. The fourth-order valence-electron chi connectivity index (χ4n) is 3.49. The molecule has 0 saturated heterocycles. The lowest BCUT2D eigenvalue weighted by Gasteiger charge is -2.26. The van der Waals surface area contributed by atoms with Crippen molar-refractivity contribution in [3.05, 3.63) is 29.3 Å². The minimum absolute atomic E-state index is 0.0172. The van der Waals surface area contributed by atoms with Crippen LogP contribution in [0.15, 0.2) is 18.2 Å². The van der Waals surface area contributed by atoms with Gasteiger partial charge >= 0.3 is 0 Å². The molecule has 2 unspecified atom stereocenters. The molecule has 1 aliphatic heterocycles. The number of fused-ring (bicyclic) bond motifs is 1. The summed E-state index contributed by atoms with van der Waals surface area (Å²) in [5, 5.41) is 0. The fraction of sp³-hybridized carbons (Fsp3) is 0.611. The van der Waals surface area contributed by atoms with Crippen LogP contribution in [0, 0.1) is 5.92 Å². The van der Waals surface area contributed by atoms with Crippen molar-refractivity contribution in [1.29, 1.82) is 0 Å². The van der Waals surface area contributed by atoms with E-state index in [1.807, 2.05) is 20.0 Å². The van der Waals surface area contributed by atoms with E-state index in [-0.39, 0.29) is 18.0 Å². The number of rotatable bonds is 5. The van der Waals surface area contributed by atoms with Gasteiger partial charge in [0, 0.05) is 24.7 Å². The summed E-state index contributed by atoms with van der Waals surface area (Å²) in [4.78, 5) is 14.5. The number of sulfonamides is 1. The second-order valence-electron chi connectivity index (χ2n) is 7.35. The van der Waals surface area contributed by atoms with Crippen molar-refractivity contribution >= 4 is 21.6 Å². The highest BCUT2D eigenvalue weighted by Gasteiger charge is 2.33. The molecule has 2 rings (SSSR count). The summed E-state index contributed by atoms with van der Waals surface area (Å²) >= 11 is 0. The highest BCUT2D eigenvalue weighted by atomic mass is 32.2. The number of benzene rings is 1. The molecule has 1 aliphatic rings. The van der Waals surface area contributed by atoms with Crippen LogP contribution in [0.4, 0.5) is 5.69 Å². The molecule has 1 amide bonds. The zero-order valence-corrected chi connectivity index (χ0v) is 16.2. The van der Waals surface area contributed by atoms with E-state index in [1.54, 1.807) is 17.0 Å². The number of hydrogen-bond donors (Lipinski definition) is 0. The Bertz CT molecular complexity index is 728. The van der Waals surface area contributed by atoms with Gasteiger partial charge in [-0.25, -0.2) is 8.42 Å². The molecule has 0 radical (unpaired) electrons. The minimum atomic E-state index is -3.30. The number of amides is 1. The maximum absolute atomic E-state index is 12.7. The summed E-state index contributed by atoms with van der Waals surface area (Å²) in [5.41, 5.74) is 2.23. The van der Waals surface area contributed by atoms with Gasteiger partial charge in [-0.1, -0.05) is 13.8 Å². The molecular weight excluding hydrogens is 324 g/mol. The van der Waals surface area contributed by atoms with Crippen LogP contribution in [0.2, 0.25) is 0 Å². The molecular formula is C18H28N2O3S. The lowest BCUT2D eigenvalue weighted by Crippen LogP contribution is -2.36. The van der Waals surface area contributed by atoms with E-state index in [2.05, 4.69) is 20.8 Å². The maximum Gasteiger partial charge on any atom is 0.253 e. The first-order valence-electron chi connectivity index (χ1n) is 8.41. The Labute approximate surface area is 145 Å². The predicted molar refractivity (Wildman–Crippen MR) is 97.9 cm³/mol. The summed E-state index contributed by atoms with van der Waals surface area (Å²) < 4.78 is 25.4. The molecule has 24 heavy (non-hydrogen) atoms. The Kier molecular flexibility index (Phi) is 5.28. The molecule has 1 heterocycles. The lowest BCUT2D eigenvalue weighted by atomic mass is 10.0. The van der Waals surface area contributed by atoms with E-state index in [0.29, 0.717) is 23.6 Å². The standard InChI is InChI=1S/C18H28N2O3S/c1-12(2)9-13(3)19(5)18(21)15-7-8-17-16(11-15)10-14(4)20(17)24(6,22)23/h7-8,11-14H,9-10H2,1-6H3. The van der Waals surface area contributed by atoms with E-state index >= 15 is 0 Å². The first kappa shape index (κ1) is 18.8. The van der Waals surface area contributed by atoms with Crippen LogP contribution >= 0.6 is 0 Å². The Hall–Kier alpha value is -1.56. The Morgan fingerprint density at radius 1 is 1.33 bits per heavy atom. The fourth-order valence-corrected chi connectivity index (χ4v) is 4.75. The van der Waals surface area contributed by atoms with Crippen molar-refractivity contribution in [3.8, 4) is 0 Å². The maximum atomic E-state index is 12.7. The van der Waals surface area contributed by atoms with E-state index < -0.39 is 10.0 Å². The third kappa shape index (κ3) is 3.74. The largest absolute Gasteiger partial charge is 0.339 e. The third-order valence-corrected chi connectivity index (χ3v) is 5.90. The molecule has 0 N–H and O–H groups in total. The third-order valence-electron chi connectivity index (χ3n) is 4.63. The van der Waals surface area contributed by atoms with Crippen LogP contribution in [0.5, 0.6) is 0 Å². The van der Waals surface area contributed by atoms with Crippen LogP contribution in [-0.2, 0) is 16.4 Å². The summed E-state index contributed by atoms with van der Waals surface area (Å²) in [5.74, 6) is 0.510. The van der Waals surface area contributed by atoms with E-state index in [9.17, 15) is 13.2 Å². The molecule has 134 valence electrons. The molecule has 0 aliphatic carbocycles. The smallest absolute Gasteiger partial charge is 0.253 e. The lowest BCUT2D eigenvalue weighted by molar-refractivity contribution is 0.0728. The number of carbonyl (C=O) groups is 1. The van der Waals surface area contributed by atoms with Crippen molar-refractivity contribution < 1.29 is 13.2 Å². The van der Waals surface area contributed by atoms with Crippen LogP contribution in [-0.4, -0.2) is 44.6 Å². The average Bonchev–Trinajstić information content (AvgIpc) is 2.79. The highest BCUT2D eigenvalue weighted by molar-refractivity contribution is 7.92. The van der Waals surface area contributed by atoms with Crippen molar-refractivity contribution in [2.24, 2.45) is 5.92 Å². The molecule has 2 atom stereocenters. The normalized spacial score (nSPS) is 18.6. The summed E-state index contributed by atoms with van der Waals surface area (Å²) in [6.07, 6.45) is 2.81. The first-order valence-corrected chi connectivity index (χ1v) is 10.3. The van der Waals surface area contributed by atoms with Crippen molar-refractivity contribution in [2.45, 2.75) is 52.6 Å². The average molecular weight is 353 g/mol. The van der Waals surface area contributed by atoms with Gasteiger partial charge in [0.25, 0.3) is 5.91 Å². The summed E-state index contributed by atoms with van der Waals surface area (Å²) in [6.45, 7) is 8.23. The van der Waals surface area contributed by atoms with Crippen LogP contribution in [0.25, 0.3) is 0 Å². The number of anilines is 1. The van der Waals surface area contributed by atoms with Gasteiger partial charge < -0.3 is 4.90 Å². The Morgan fingerprint density at radius 2 is 1.96 bits per heavy atom. The van der Waals surface area contributed by atoms with Gasteiger partial charge in [0.05, 0.1) is 11.9 Å². The van der Waals surface area contributed by atoms with Gasteiger partial charge in [-0.2, -0.15) is 0 Å². The molecule has 1 aromatic carbocycles. The monoisotopic (exact) mass is 352 g/mol. The van der Waals surface area contributed by atoms with Crippen LogP contribution < -0.4 is 4.31 Å². The summed E-state index contributed by atoms with van der Waals surface area (Å²) in [6, 6.07) is 5.39. The van der Waals surface area contributed by atoms with Gasteiger partial charge in [-0.15, -0.1) is 0 Å². The van der Waals surface area contributed by atoms with Crippen molar-refractivity contribution in [3.63, 3.8) is 0 Å². The second-order valence-corrected chi connectivity index (χ2v) is 9.21. The number of nitrogens with zero attached hydrogens (tertiary/aromatic N) is 2. The van der Waals surface area contributed by atoms with Gasteiger partial charge in [0.2, 0.25) is 10.0 Å². The molecule has 0 saturated carbocycles. The van der Waals surface area contributed by atoms with Crippen molar-refractivity contribution in [1.82, 2.24) is 4.90 Å². The van der Waals surface area contributed by atoms with Gasteiger partial charge in [0.1, 0.15) is 0 Å². The Morgan fingerprint density at radius 3 is 2.50 bits per heavy atom. The molecule has 0 aromatic heterocycles. The summed E-state index contributed by atoms with van der Waals surface area (Å²) in [7, 11) is -1.48. The topological polar surface area (TPSA) is 57.7 Å². The van der Waals surface area contributed by atoms with Gasteiger partial charge in [0.15, 0.2) is 0 Å². The number of hydrogen-bond acceptors (Lipinski definition) is 3. The van der Waals surface area contributed by atoms with E-state index in [0.717, 1.165) is 12.0 Å². The van der Waals surface area contributed by atoms with Gasteiger partial charge in [-0.3, -0.25) is 9.10 Å². The first-order chi connectivity index (χ1) is 11.0. The van der Waals surface area contributed by atoms with Crippen LogP contribution in [0.1, 0.15) is 50.0 Å².